The molecule has 9 nitrogen and oxygen atoms in total. The van der Waals surface area contributed by atoms with Crippen molar-refractivity contribution in [2.75, 3.05) is 58.4 Å². The van der Waals surface area contributed by atoms with E-state index < -0.39 is 26.5 Å². The number of nitrogens with zero attached hydrogens (tertiary/aromatic N) is 4. The summed E-state index contributed by atoms with van der Waals surface area (Å²) in [5.41, 5.74) is 0.785. The molecule has 0 bridgehead atoms. The van der Waals surface area contributed by atoms with Crippen molar-refractivity contribution < 1.29 is 22.7 Å². The van der Waals surface area contributed by atoms with Crippen LogP contribution in [0, 0.1) is 0 Å². The van der Waals surface area contributed by atoms with Crippen LogP contribution >= 0.6 is 23.2 Å². The van der Waals surface area contributed by atoms with Crippen LogP contribution in [-0.4, -0.2) is 93.4 Å². The maximum absolute atomic E-state index is 15.2. The first-order valence-corrected chi connectivity index (χ1v) is 19.8. The van der Waals surface area contributed by atoms with Gasteiger partial charge in [0, 0.05) is 49.6 Å². The molecular weight excluding hydrogens is 695 g/mol. The Labute approximate surface area is 307 Å². The normalized spacial score (nSPS) is 21.7. The maximum Gasteiger partial charge on any atom is 0.326 e. The van der Waals surface area contributed by atoms with Crippen molar-refractivity contribution in [1.29, 1.82) is 0 Å². The van der Waals surface area contributed by atoms with Crippen molar-refractivity contribution in [1.82, 2.24) is 14.7 Å². The molecule has 12 heteroatoms. The molecule has 0 unspecified atom stereocenters. The lowest BCUT2D eigenvalue weighted by Crippen LogP contribution is -2.60. The quantitative estimate of drug-likeness (QED) is 0.204. The Hall–Kier alpha value is -3.15. The van der Waals surface area contributed by atoms with Gasteiger partial charge in [-0.25, -0.2) is 13.2 Å². The minimum Gasteiger partial charge on any atom is -0.493 e. The molecule has 1 fully saturated rings. The lowest BCUT2D eigenvalue weighted by molar-refractivity contribution is 0.0190. The fourth-order valence-corrected chi connectivity index (χ4v) is 7.80. The summed E-state index contributed by atoms with van der Waals surface area (Å²) in [5, 5.41) is 1.19. The first-order valence-electron chi connectivity index (χ1n) is 17.0. The second-order valence-electron chi connectivity index (χ2n) is 13.9. The van der Waals surface area contributed by atoms with Gasteiger partial charge in [-0.3, -0.25) is 14.8 Å². The van der Waals surface area contributed by atoms with Gasteiger partial charge in [0.15, 0.2) is 0 Å². The molecule has 3 aromatic rings. The molecule has 270 valence electrons. The third-order valence-corrected chi connectivity index (χ3v) is 11.8. The van der Waals surface area contributed by atoms with Crippen LogP contribution in [0.15, 0.2) is 71.7 Å². The van der Waals surface area contributed by atoms with Gasteiger partial charge < -0.3 is 14.4 Å². The second-order valence-corrected chi connectivity index (χ2v) is 17.0. The number of methoxy groups -OCH3 is 1. The zero-order chi connectivity index (χ0) is 36.5. The van der Waals surface area contributed by atoms with Crippen molar-refractivity contribution >= 4 is 44.9 Å². The molecule has 2 atom stereocenters. The summed E-state index contributed by atoms with van der Waals surface area (Å²) in [7, 11) is -1.36. The Balaban J connectivity index is 1.65. The molecule has 2 heterocycles. The van der Waals surface area contributed by atoms with E-state index in [1.807, 2.05) is 97.3 Å². The van der Waals surface area contributed by atoms with Gasteiger partial charge in [-0.05, 0) is 101 Å². The van der Waals surface area contributed by atoms with Crippen LogP contribution in [0.2, 0.25) is 10.0 Å². The summed E-state index contributed by atoms with van der Waals surface area (Å²) >= 11 is 12.8. The summed E-state index contributed by atoms with van der Waals surface area (Å²) in [6.45, 7) is 13.3. The lowest BCUT2D eigenvalue weighted by atomic mass is 9.71. The fraction of sp³-hybridized carbons (Fsp3) is 0.474. The van der Waals surface area contributed by atoms with Crippen LogP contribution in [0.1, 0.15) is 63.3 Å². The van der Waals surface area contributed by atoms with E-state index >= 15 is 4.79 Å². The number of sulfone groups is 1. The molecule has 3 aromatic carbocycles. The molecule has 50 heavy (non-hydrogen) atoms. The van der Waals surface area contributed by atoms with Gasteiger partial charge in [0.1, 0.15) is 32.5 Å². The highest BCUT2D eigenvalue weighted by atomic mass is 35.5. The predicted octanol–water partition coefficient (Wildman–Crippen LogP) is 7.34. The Kier molecular flexibility index (Phi) is 11.3. The number of hydrogen-bond acceptors (Lipinski definition) is 7. The molecule has 1 saturated heterocycles. The van der Waals surface area contributed by atoms with Gasteiger partial charge in [-0.1, -0.05) is 53.5 Å². The number of halogens is 2. The Morgan fingerprint density at radius 3 is 2.04 bits per heavy atom. The summed E-state index contributed by atoms with van der Waals surface area (Å²) in [5.74, 6) is 1.23. The molecular formula is C38H48Cl2N4O5S. The Bertz CT molecular complexity index is 1830. The first-order chi connectivity index (χ1) is 23.5. The fourth-order valence-electron chi connectivity index (χ4n) is 6.90. The van der Waals surface area contributed by atoms with Crippen molar-refractivity contribution in [3.05, 3.63) is 99.0 Å². The number of carbonyl (C=O) groups excluding carboxylic acids is 1. The summed E-state index contributed by atoms with van der Waals surface area (Å²) in [6, 6.07) is 21.0. The van der Waals surface area contributed by atoms with E-state index in [0.717, 1.165) is 16.7 Å². The number of piperazine rings is 1. The Morgan fingerprint density at radius 2 is 1.50 bits per heavy atom. The van der Waals surface area contributed by atoms with Gasteiger partial charge in [-0.2, -0.15) is 0 Å². The average Bonchev–Trinajstić information content (AvgIpc) is 3.32. The number of carbonyl (C=O) groups is 1. The van der Waals surface area contributed by atoms with Crippen LogP contribution in [-0.2, 0) is 31.3 Å². The van der Waals surface area contributed by atoms with E-state index in [-0.39, 0.29) is 11.8 Å². The van der Waals surface area contributed by atoms with E-state index in [0.29, 0.717) is 72.9 Å². The number of urea groups is 1. The highest BCUT2D eigenvalue weighted by molar-refractivity contribution is 7.90. The smallest absolute Gasteiger partial charge is 0.326 e. The topological polar surface area (TPSA) is 91.8 Å². The third-order valence-electron chi connectivity index (χ3n) is 10.3. The molecule has 0 saturated carbocycles. The van der Waals surface area contributed by atoms with E-state index in [9.17, 15) is 8.42 Å². The number of benzene rings is 3. The van der Waals surface area contributed by atoms with Gasteiger partial charge in [0.2, 0.25) is 0 Å². The van der Waals surface area contributed by atoms with Crippen LogP contribution < -0.4 is 4.74 Å². The third kappa shape index (κ3) is 7.55. The van der Waals surface area contributed by atoms with Crippen LogP contribution in [0.4, 0.5) is 4.79 Å². The average molecular weight is 744 g/mol. The minimum atomic E-state index is -3.04. The molecule has 2 amide bonds. The van der Waals surface area contributed by atoms with Crippen LogP contribution in [0.5, 0.6) is 5.75 Å². The molecule has 5 rings (SSSR count). The number of hydrogen-bond donors (Lipinski definition) is 0. The van der Waals surface area contributed by atoms with Crippen molar-refractivity contribution in [2.45, 2.75) is 57.7 Å². The monoisotopic (exact) mass is 742 g/mol. The highest BCUT2D eigenvalue weighted by Gasteiger charge is 2.60. The zero-order valence-corrected chi connectivity index (χ0v) is 32.3. The van der Waals surface area contributed by atoms with E-state index in [2.05, 4.69) is 18.7 Å². The van der Waals surface area contributed by atoms with Gasteiger partial charge >= 0.3 is 6.03 Å². The number of amidine groups is 1. The SMILES string of the molecule is CCOc1cc(C(C)(C)OC)ccc1C1=N[C@@](C)(c2ccc(Cl)cc2)[C@@](C)(c2ccc(Cl)cc2)N1C(=O)N1CCN(CCCS(C)(=O)=O)CC1. The second kappa shape index (κ2) is 14.8. The van der Waals surface area contributed by atoms with Crippen molar-refractivity contribution in [3.8, 4) is 5.75 Å². The molecule has 0 spiro atoms. The maximum atomic E-state index is 15.2. The molecule has 0 N–H and O–H groups in total. The van der Waals surface area contributed by atoms with Crippen molar-refractivity contribution in [3.63, 3.8) is 0 Å². The highest BCUT2D eigenvalue weighted by Crippen LogP contribution is 2.54. The molecule has 0 aliphatic carbocycles. The first kappa shape index (κ1) is 38.1. The van der Waals surface area contributed by atoms with Gasteiger partial charge in [0.05, 0.1) is 23.5 Å². The molecule has 0 aromatic heterocycles. The minimum absolute atomic E-state index is 0.144. The summed E-state index contributed by atoms with van der Waals surface area (Å²) in [6.07, 6.45) is 1.82. The van der Waals surface area contributed by atoms with E-state index in [1.165, 1.54) is 6.26 Å². The predicted molar refractivity (Wildman–Crippen MR) is 201 cm³/mol. The number of rotatable bonds is 11. The zero-order valence-electron chi connectivity index (χ0n) is 30.0. The van der Waals surface area contributed by atoms with Crippen LogP contribution in [0.3, 0.4) is 0 Å². The largest absolute Gasteiger partial charge is 0.493 e. The number of aliphatic imine (C=N–C) groups is 1. The van der Waals surface area contributed by atoms with Gasteiger partial charge in [-0.15, -0.1) is 0 Å². The lowest BCUT2D eigenvalue weighted by Gasteiger charge is -2.47. The van der Waals surface area contributed by atoms with E-state index in [1.54, 1.807) is 7.11 Å². The summed E-state index contributed by atoms with van der Waals surface area (Å²) < 4.78 is 35.5. The standard InChI is InChI=1S/C38H48Cl2N4O5S/c1-8-49-33-26-29(36(2,3)48-6)14-19-32(33)34-41-37(4,27-10-15-30(39)16-11-27)38(5,28-12-17-31(40)18-13-28)44(34)35(45)43-23-21-42(22-24-43)20-9-25-50(7,46)47/h10-19,26H,8-9,20-25H2,1-7H3/t37-,38+/m0/s1. The Morgan fingerprint density at radius 1 is 0.920 bits per heavy atom. The molecule has 2 aliphatic rings. The number of amides is 2. The van der Waals surface area contributed by atoms with E-state index in [4.69, 9.17) is 37.7 Å². The molecule has 2 aliphatic heterocycles. The summed E-state index contributed by atoms with van der Waals surface area (Å²) in [4.78, 5) is 26.6. The van der Waals surface area contributed by atoms with Gasteiger partial charge in [0.25, 0.3) is 0 Å². The molecule has 0 radical (unpaired) electrons. The van der Waals surface area contributed by atoms with Crippen LogP contribution in [0.25, 0.3) is 0 Å². The number of ether oxygens (including phenoxy) is 2. The van der Waals surface area contributed by atoms with Crippen molar-refractivity contribution in [2.24, 2.45) is 4.99 Å².